The fourth-order valence-electron chi connectivity index (χ4n) is 1.67. The zero-order chi connectivity index (χ0) is 12.3. The predicted molar refractivity (Wildman–Crippen MR) is 65.4 cm³/mol. The second-order valence-electron chi connectivity index (χ2n) is 3.51. The van der Waals surface area contributed by atoms with Gasteiger partial charge in [-0.3, -0.25) is 4.98 Å². The first kappa shape index (κ1) is 11.1. The molecule has 86 valence electrons. The summed E-state index contributed by atoms with van der Waals surface area (Å²) in [7, 11) is 1.33. The van der Waals surface area contributed by atoms with E-state index in [4.69, 9.17) is 10.5 Å². The molecule has 4 heteroatoms. The maximum atomic E-state index is 11.6. The molecule has 0 unspecified atom stereocenters. The van der Waals surface area contributed by atoms with E-state index in [1.165, 1.54) is 19.5 Å². The molecule has 0 spiro atoms. The van der Waals surface area contributed by atoms with Crippen molar-refractivity contribution in [1.82, 2.24) is 4.98 Å². The third-order valence-electron chi connectivity index (χ3n) is 2.44. The van der Waals surface area contributed by atoms with Gasteiger partial charge < -0.3 is 10.5 Å². The van der Waals surface area contributed by atoms with E-state index in [9.17, 15) is 4.79 Å². The minimum Gasteiger partial charge on any atom is -0.465 e. The van der Waals surface area contributed by atoms with Crippen LogP contribution < -0.4 is 5.73 Å². The smallest absolute Gasteiger partial charge is 0.340 e. The molecule has 0 saturated carbocycles. The number of rotatable bonds is 2. The lowest BCUT2D eigenvalue weighted by atomic mass is 10.0. The molecule has 1 aromatic heterocycles. The fraction of sp³-hybridized carbons (Fsp3) is 0.0769. The van der Waals surface area contributed by atoms with E-state index in [0.717, 1.165) is 5.56 Å². The number of aromatic nitrogens is 1. The molecule has 0 saturated heterocycles. The first-order valence-electron chi connectivity index (χ1n) is 5.11. The highest BCUT2D eigenvalue weighted by Crippen LogP contribution is 2.28. The number of hydrogen-bond acceptors (Lipinski definition) is 4. The molecule has 2 aromatic rings. The summed E-state index contributed by atoms with van der Waals surface area (Å²) in [5.74, 6) is -0.441. The van der Waals surface area contributed by atoms with Crippen LogP contribution in [0.15, 0.2) is 42.7 Å². The molecule has 0 atom stereocenters. The largest absolute Gasteiger partial charge is 0.465 e. The van der Waals surface area contributed by atoms with E-state index in [-0.39, 0.29) is 0 Å². The molecule has 0 aliphatic rings. The van der Waals surface area contributed by atoms with E-state index in [2.05, 4.69) is 4.98 Å². The topological polar surface area (TPSA) is 65.2 Å². The van der Waals surface area contributed by atoms with Crippen molar-refractivity contribution >= 4 is 11.7 Å². The number of benzene rings is 1. The molecule has 1 heterocycles. The number of esters is 1. The summed E-state index contributed by atoms with van der Waals surface area (Å²) in [6.07, 6.45) is 2.99. The van der Waals surface area contributed by atoms with Crippen molar-refractivity contribution in [1.29, 1.82) is 0 Å². The second kappa shape index (κ2) is 4.65. The predicted octanol–water partition coefficient (Wildman–Crippen LogP) is 2.12. The number of ether oxygens (including phenoxy) is 1. The lowest BCUT2D eigenvalue weighted by Crippen LogP contribution is -2.06. The van der Waals surface area contributed by atoms with Crippen molar-refractivity contribution < 1.29 is 9.53 Å². The van der Waals surface area contributed by atoms with Gasteiger partial charge in [-0.05, 0) is 5.56 Å². The number of hydrogen-bond donors (Lipinski definition) is 1. The monoisotopic (exact) mass is 228 g/mol. The van der Waals surface area contributed by atoms with Crippen LogP contribution in [-0.2, 0) is 4.74 Å². The molecule has 1 aromatic carbocycles. The summed E-state index contributed by atoms with van der Waals surface area (Å²) in [5.41, 5.74) is 8.23. The summed E-state index contributed by atoms with van der Waals surface area (Å²) in [5, 5.41) is 0. The van der Waals surface area contributed by atoms with Crippen LogP contribution in [-0.4, -0.2) is 18.1 Å². The summed E-state index contributed by atoms with van der Waals surface area (Å²) >= 11 is 0. The first-order chi connectivity index (χ1) is 8.24. The van der Waals surface area contributed by atoms with Crippen LogP contribution in [0.3, 0.4) is 0 Å². The van der Waals surface area contributed by atoms with E-state index in [0.29, 0.717) is 16.8 Å². The van der Waals surface area contributed by atoms with Crippen LogP contribution in [0.5, 0.6) is 0 Å². The van der Waals surface area contributed by atoms with Gasteiger partial charge in [0.25, 0.3) is 0 Å². The molecule has 17 heavy (non-hydrogen) atoms. The van der Waals surface area contributed by atoms with Gasteiger partial charge in [-0.2, -0.15) is 0 Å². The zero-order valence-corrected chi connectivity index (χ0v) is 9.38. The van der Waals surface area contributed by atoms with Crippen molar-refractivity contribution in [3.05, 3.63) is 48.3 Å². The highest BCUT2D eigenvalue weighted by atomic mass is 16.5. The standard InChI is InChI=1S/C13H12N2O2/c1-17-13(16)10-7-15-8-11(14)12(10)9-5-3-2-4-6-9/h2-8H,14H2,1H3. The lowest BCUT2D eigenvalue weighted by Gasteiger charge is -2.10. The Bertz CT molecular complexity index is 538. The van der Waals surface area contributed by atoms with Gasteiger partial charge in [0.15, 0.2) is 0 Å². The van der Waals surface area contributed by atoms with Gasteiger partial charge >= 0.3 is 5.97 Å². The van der Waals surface area contributed by atoms with Crippen molar-refractivity contribution in [3.8, 4) is 11.1 Å². The third-order valence-corrected chi connectivity index (χ3v) is 2.44. The maximum Gasteiger partial charge on any atom is 0.340 e. The van der Waals surface area contributed by atoms with Crippen LogP contribution >= 0.6 is 0 Å². The van der Waals surface area contributed by atoms with Crippen molar-refractivity contribution in [2.24, 2.45) is 0 Å². The molecule has 0 amide bonds. The van der Waals surface area contributed by atoms with Crippen molar-refractivity contribution in [2.45, 2.75) is 0 Å². The number of nitrogen functional groups attached to an aromatic ring is 1. The molecule has 2 rings (SSSR count). The fourth-order valence-corrected chi connectivity index (χ4v) is 1.67. The van der Waals surface area contributed by atoms with Crippen LogP contribution in [0.2, 0.25) is 0 Å². The van der Waals surface area contributed by atoms with E-state index in [1.807, 2.05) is 30.3 Å². The number of pyridine rings is 1. The summed E-state index contributed by atoms with van der Waals surface area (Å²) < 4.78 is 4.72. The number of nitrogens with zero attached hydrogens (tertiary/aromatic N) is 1. The van der Waals surface area contributed by atoms with E-state index < -0.39 is 5.97 Å². The number of carbonyl (C=O) groups is 1. The highest BCUT2D eigenvalue weighted by molar-refractivity contribution is 6.00. The zero-order valence-electron chi connectivity index (χ0n) is 9.38. The molecule has 0 fully saturated rings. The van der Waals surface area contributed by atoms with Gasteiger partial charge in [-0.1, -0.05) is 30.3 Å². The minimum atomic E-state index is -0.441. The Balaban J connectivity index is 2.64. The SMILES string of the molecule is COC(=O)c1cncc(N)c1-c1ccccc1. The lowest BCUT2D eigenvalue weighted by molar-refractivity contribution is 0.0601. The summed E-state index contributed by atoms with van der Waals surface area (Å²) in [6, 6.07) is 9.45. The summed E-state index contributed by atoms with van der Waals surface area (Å²) in [4.78, 5) is 15.6. The van der Waals surface area contributed by atoms with E-state index in [1.54, 1.807) is 0 Å². The first-order valence-corrected chi connectivity index (χ1v) is 5.11. The average Bonchev–Trinajstić information content (AvgIpc) is 2.38. The van der Waals surface area contributed by atoms with Gasteiger partial charge in [0, 0.05) is 11.8 Å². The highest BCUT2D eigenvalue weighted by Gasteiger charge is 2.16. The number of methoxy groups -OCH3 is 1. The molecule has 0 bridgehead atoms. The van der Waals surface area contributed by atoms with Crippen LogP contribution in [0.25, 0.3) is 11.1 Å². The number of anilines is 1. The Morgan fingerprint density at radius 3 is 2.59 bits per heavy atom. The normalized spacial score (nSPS) is 9.94. The molecule has 4 nitrogen and oxygen atoms in total. The van der Waals surface area contributed by atoms with E-state index >= 15 is 0 Å². The van der Waals surface area contributed by atoms with Crippen LogP contribution in [0.4, 0.5) is 5.69 Å². The van der Waals surface area contributed by atoms with Crippen LogP contribution in [0, 0.1) is 0 Å². The summed E-state index contributed by atoms with van der Waals surface area (Å²) in [6.45, 7) is 0. The molecule has 0 aliphatic heterocycles. The van der Waals surface area contributed by atoms with Crippen molar-refractivity contribution in [3.63, 3.8) is 0 Å². The molecule has 0 aliphatic carbocycles. The Hall–Kier alpha value is -2.36. The second-order valence-corrected chi connectivity index (χ2v) is 3.51. The Labute approximate surface area is 99.1 Å². The molecule has 2 N–H and O–H groups in total. The third kappa shape index (κ3) is 2.10. The van der Waals surface area contributed by atoms with Gasteiger partial charge in [0.1, 0.15) is 0 Å². The Kier molecular flexibility index (Phi) is 3.05. The quantitative estimate of drug-likeness (QED) is 0.799. The van der Waals surface area contributed by atoms with Gasteiger partial charge in [0.05, 0.1) is 24.6 Å². The maximum absolute atomic E-state index is 11.6. The van der Waals surface area contributed by atoms with Gasteiger partial charge in [-0.25, -0.2) is 4.79 Å². The number of nitrogens with two attached hydrogens (primary N) is 1. The van der Waals surface area contributed by atoms with Gasteiger partial charge in [-0.15, -0.1) is 0 Å². The molecular weight excluding hydrogens is 216 g/mol. The average molecular weight is 228 g/mol. The Morgan fingerprint density at radius 1 is 1.24 bits per heavy atom. The number of carbonyl (C=O) groups excluding carboxylic acids is 1. The molecule has 0 radical (unpaired) electrons. The minimum absolute atomic E-state index is 0.374. The van der Waals surface area contributed by atoms with Gasteiger partial charge in [0.2, 0.25) is 0 Å². The van der Waals surface area contributed by atoms with Crippen LogP contribution in [0.1, 0.15) is 10.4 Å². The Morgan fingerprint density at radius 2 is 1.94 bits per heavy atom. The van der Waals surface area contributed by atoms with Crippen molar-refractivity contribution in [2.75, 3.05) is 12.8 Å². The molecular formula is C13H12N2O2.